The Kier molecular flexibility index (Phi) is 6.01. The molecule has 0 bridgehead atoms. The molecule has 5 aromatic rings. The van der Waals surface area contributed by atoms with Crippen LogP contribution in [0, 0.1) is 0 Å². The lowest BCUT2D eigenvalue weighted by Gasteiger charge is -2.45. The Bertz CT molecular complexity index is 2040. The monoisotopic (exact) mass is 637 g/mol. The summed E-state index contributed by atoms with van der Waals surface area (Å²) in [6, 6.07) is 33.3. The standard InChI is InChI=1S/C40H44BNSSi2/c1-39(2,3)25-20-21-29-32(23-25)44(7,8)33-24-26(40(4,5)6)22-30-34(33)41(29)35-37-36(28-18-14-15-19-31(28)45(37,9)10)43-38(35)42(30)27-16-12-11-13-17-27/h11-24H,1-10H3. The molecule has 1 nitrogen and oxygen atoms in total. The summed E-state index contributed by atoms with van der Waals surface area (Å²) in [7, 11) is -4.03. The first-order valence-corrected chi connectivity index (χ1v) is 23.4. The van der Waals surface area contributed by atoms with Crippen LogP contribution in [0.15, 0.2) is 84.9 Å². The van der Waals surface area contributed by atoms with Crippen LogP contribution in [0.3, 0.4) is 0 Å². The molecule has 0 atom stereocenters. The van der Waals surface area contributed by atoms with E-state index in [1.165, 1.54) is 37.9 Å². The highest BCUT2D eigenvalue weighted by Crippen LogP contribution is 2.45. The molecule has 5 heteroatoms. The van der Waals surface area contributed by atoms with Crippen molar-refractivity contribution in [3.05, 3.63) is 96.1 Å². The largest absolute Gasteiger partial charge is 0.303 e. The summed E-state index contributed by atoms with van der Waals surface area (Å²) in [5, 5.41) is 7.98. The van der Waals surface area contributed by atoms with Crippen molar-refractivity contribution in [3.63, 3.8) is 0 Å². The maximum Gasteiger partial charge on any atom is 0.247 e. The number of hydrogen-bond acceptors (Lipinski definition) is 2. The van der Waals surface area contributed by atoms with E-state index in [1.807, 2.05) is 0 Å². The molecule has 0 radical (unpaired) electrons. The van der Waals surface area contributed by atoms with Gasteiger partial charge >= 0.3 is 0 Å². The molecule has 0 unspecified atom stereocenters. The van der Waals surface area contributed by atoms with Gasteiger partial charge in [-0.2, -0.15) is 0 Å². The van der Waals surface area contributed by atoms with Crippen LogP contribution in [0.4, 0.5) is 16.4 Å². The topological polar surface area (TPSA) is 3.24 Å². The van der Waals surface area contributed by atoms with E-state index < -0.39 is 16.1 Å². The minimum Gasteiger partial charge on any atom is -0.303 e. The lowest BCUT2D eigenvalue weighted by Crippen LogP contribution is -2.80. The van der Waals surface area contributed by atoms with Gasteiger partial charge in [-0.1, -0.05) is 150 Å². The van der Waals surface area contributed by atoms with Gasteiger partial charge in [0.2, 0.25) is 6.71 Å². The average molecular weight is 638 g/mol. The van der Waals surface area contributed by atoms with Crippen LogP contribution in [0.25, 0.3) is 10.4 Å². The van der Waals surface area contributed by atoms with Gasteiger partial charge in [0.15, 0.2) is 0 Å². The van der Waals surface area contributed by atoms with E-state index in [0.717, 1.165) is 0 Å². The number of rotatable bonds is 1. The summed E-state index contributed by atoms with van der Waals surface area (Å²) < 4.78 is 0. The minimum atomic E-state index is -2.08. The summed E-state index contributed by atoms with van der Waals surface area (Å²) in [6.07, 6.45) is 0. The van der Waals surface area contributed by atoms with Gasteiger partial charge in [-0.25, -0.2) is 0 Å². The van der Waals surface area contributed by atoms with Crippen LogP contribution >= 0.6 is 11.3 Å². The van der Waals surface area contributed by atoms with Gasteiger partial charge in [-0.3, -0.25) is 0 Å². The predicted octanol–water partition coefficient (Wildman–Crippen LogP) is 6.58. The summed E-state index contributed by atoms with van der Waals surface area (Å²) in [6.45, 7) is 24.9. The number of hydrogen-bond donors (Lipinski definition) is 0. The molecule has 1 aromatic heterocycles. The van der Waals surface area contributed by atoms with E-state index >= 15 is 0 Å². The van der Waals surface area contributed by atoms with Gasteiger partial charge in [-0.15, -0.1) is 11.3 Å². The van der Waals surface area contributed by atoms with Gasteiger partial charge in [-0.05, 0) is 67.0 Å². The first-order chi connectivity index (χ1) is 21.1. The van der Waals surface area contributed by atoms with Gasteiger partial charge in [0.1, 0.15) is 16.1 Å². The first-order valence-electron chi connectivity index (χ1n) is 16.6. The fourth-order valence-electron chi connectivity index (χ4n) is 8.47. The lowest BCUT2D eigenvalue weighted by atomic mass is 9.35. The Morgan fingerprint density at radius 1 is 0.622 bits per heavy atom. The van der Waals surface area contributed by atoms with Crippen LogP contribution in [-0.2, 0) is 10.8 Å². The Labute approximate surface area is 276 Å². The average Bonchev–Trinajstić information content (AvgIpc) is 3.48. The second-order valence-electron chi connectivity index (χ2n) is 16.7. The molecule has 226 valence electrons. The molecule has 0 N–H and O–H groups in total. The van der Waals surface area contributed by atoms with E-state index in [-0.39, 0.29) is 17.5 Å². The quantitative estimate of drug-likeness (QED) is 0.184. The molecule has 4 heterocycles. The first kappa shape index (κ1) is 29.3. The molecule has 0 spiro atoms. The molecule has 3 aliphatic heterocycles. The van der Waals surface area contributed by atoms with Crippen molar-refractivity contribution in [1.29, 1.82) is 0 Å². The van der Waals surface area contributed by atoms with Crippen LogP contribution in [0.5, 0.6) is 0 Å². The summed E-state index contributed by atoms with van der Waals surface area (Å²) in [5.74, 6) is 0. The zero-order chi connectivity index (χ0) is 31.8. The van der Waals surface area contributed by atoms with Crippen molar-refractivity contribution in [2.45, 2.75) is 78.6 Å². The second-order valence-corrected chi connectivity index (χ2v) is 26.3. The van der Waals surface area contributed by atoms with E-state index in [1.54, 1.807) is 37.1 Å². The molecule has 8 rings (SSSR count). The van der Waals surface area contributed by atoms with Crippen molar-refractivity contribution in [1.82, 2.24) is 0 Å². The number of anilines is 3. The zero-order valence-corrected chi connectivity index (χ0v) is 31.3. The molecule has 0 saturated heterocycles. The third-order valence-corrected chi connectivity index (χ3v) is 19.5. The van der Waals surface area contributed by atoms with Gasteiger partial charge in [0, 0.05) is 16.3 Å². The van der Waals surface area contributed by atoms with Crippen molar-refractivity contribution >= 4 is 87.7 Å². The Morgan fingerprint density at radius 2 is 1.27 bits per heavy atom. The molecule has 4 aromatic carbocycles. The third kappa shape index (κ3) is 3.96. The van der Waals surface area contributed by atoms with Crippen LogP contribution < -0.4 is 42.0 Å². The summed E-state index contributed by atoms with van der Waals surface area (Å²) in [5.41, 5.74) is 11.9. The number of thiophene rings is 1. The molecule has 0 aliphatic carbocycles. The highest BCUT2D eigenvalue weighted by atomic mass is 32.1. The molecule has 0 amide bonds. The fourth-order valence-corrected chi connectivity index (χ4v) is 17.4. The van der Waals surface area contributed by atoms with Crippen LogP contribution in [0.1, 0.15) is 52.7 Å². The van der Waals surface area contributed by atoms with E-state index in [0.29, 0.717) is 0 Å². The smallest absolute Gasteiger partial charge is 0.247 e. The second kappa shape index (κ2) is 9.24. The van der Waals surface area contributed by atoms with Crippen molar-refractivity contribution in [3.8, 4) is 10.4 Å². The fraction of sp³-hybridized carbons (Fsp3) is 0.300. The van der Waals surface area contributed by atoms with E-state index in [9.17, 15) is 0 Å². The third-order valence-electron chi connectivity index (χ3n) is 11.0. The summed E-state index contributed by atoms with van der Waals surface area (Å²) in [4.78, 5) is 4.18. The number of fused-ring (bicyclic) bond motifs is 8. The molecular weight excluding hydrogens is 593 g/mol. The Hall–Kier alpha value is -3.12. The molecule has 45 heavy (non-hydrogen) atoms. The Morgan fingerprint density at radius 3 is 1.96 bits per heavy atom. The number of para-hydroxylation sites is 1. The highest BCUT2D eigenvalue weighted by Gasteiger charge is 2.53. The molecule has 0 saturated carbocycles. The van der Waals surface area contributed by atoms with Gasteiger partial charge < -0.3 is 4.90 Å². The SMILES string of the molecule is CC(C)(C)c1ccc2c(c1)[Si](C)(C)c1cc(C(C)(C)C)cc3c1B2c1c(sc2c1[Si](C)(C)c1ccccc1-2)N3c1ccccc1. The van der Waals surface area contributed by atoms with Crippen molar-refractivity contribution in [2.75, 3.05) is 4.90 Å². The minimum absolute atomic E-state index is 0.0483. The van der Waals surface area contributed by atoms with Gasteiger partial charge in [0.05, 0.1) is 5.00 Å². The van der Waals surface area contributed by atoms with Crippen molar-refractivity contribution < 1.29 is 0 Å². The molecule has 0 fully saturated rings. The lowest BCUT2D eigenvalue weighted by molar-refractivity contribution is 0.591. The van der Waals surface area contributed by atoms with Crippen LogP contribution in [0.2, 0.25) is 26.2 Å². The molecule has 3 aliphatic rings. The summed E-state index contributed by atoms with van der Waals surface area (Å²) >= 11 is 2.05. The normalized spacial score (nSPS) is 16.9. The maximum atomic E-state index is 2.66. The number of benzene rings is 4. The Balaban J connectivity index is 1.55. The zero-order valence-electron chi connectivity index (χ0n) is 28.5. The van der Waals surface area contributed by atoms with E-state index in [4.69, 9.17) is 0 Å². The van der Waals surface area contributed by atoms with E-state index in [2.05, 4.69) is 169 Å². The van der Waals surface area contributed by atoms with Crippen molar-refractivity contribution in [2.24, 2.45) is 0 Å². The van der Waals surface area contributed by atoms with Crippen LogP contribution in [-0.4, -0.2) is 22.9 Å². The highest BCUT2D eigenvalue weighted by molar-refractivity contribution is 7.30. The predicted molar refractivity (Wildman–Crippen MR) is 206 cm³/mol. The van der Waals surface area contributed by atoms with Gasteiger partial charge in [0.25, 0.3) is 0 Å². The number of nitrogens with zero attached hydrogens (tertiary/aromatic N) is 1. The maximum absolute atomic E-state index is 2.66. The molecular formula is C40H44BNSSi2.